The van der Waals surface area contributed by atoms with E-state index in [1.165, 1.54) is 17.6 Å². The van der Waals surface area contributed by atoms with Gasteiger partial charge in [0.25, 0.3) is 0 Å². The molecule has 13 aromatic rings. The van der Waals surface area contributed by atoms with Gasteiger partial charge in [-0.3, -0.25) is 0 Å². The summed E-state index contributed by atoms with van der Waals surface area (Å²) in [6, 6.07) is 96.0. The van der Waals surface area contributed by atoms with Crippen LogP contribution in [0.4, 0.5) is 11.4 Å². The Kier molecular flexibility index (Phi) is 13.2. The number of nitrogens with zero attached hydrogens (tertiary/aromatic N) is 8. The Balaban J connectivity index is 1.12. The van der Waals surface area contributed by atoms with E-state index in [1.54, 1.807) is 24.3 Å². The van der Waals surface area contributed by atoms with Crippen LogP contribution >= 0.6 is 0 Å². The molecule has 0 aliphatic heterocycles. The molecule has 0 spiro atoms. The smallest absolute Gasteiger partial charge is 0.0984 e. The van der Waals surface area contributed by atoms with Crippen LogP contribution in [0.25, 0.3) is 105 Å². The molecule has 0 saturated carbocycles. The van der Waals surface area contributed by atoms with Gasteiger partial charge < -0.3 is 0 Å². The van der Waals surface area contributed by atoms with Gasteiger partial charge in [0.05, 0.1) is 25.3 Å². The largest absolute Gasteiger partial charge is 0.192 e. The summed E-state index contributed by atoms with van der Waals surface area (Å²) in [6.07, 6.45) is 0. The first-order valence-electron chi connectivity index (χ1n) is 26.7. The molecule has 0 radical (unpaired) electrons. The van der Waals surface area contributed by atoms with Crippen LogP contribution in [0.3, 0.4) is 0 Å². The Morgan fingerprint density at radius 1 is 0.366 bits per heavy atom. The third-order valence-corrected chi connectivity index (χ3v) is 25.3. The third-order valence-electron chi connectivity index (χ3n) is 15.3. The molecule has 0 atom stereocenters. The molecular weight excluding hydrogens is 1060 g/mol. The van der Waals surface area contributed by atoms with Crippen LogP contribution in [-0.2, 0) is 0 Å². The number of aromatic nitrogens is 4. The minimum absolute atomic E-state index is 0.370. The molecule has 0 amide bonds. The number of fused-ring (bicyclic) bond motifs is 3. The first kappa shape index (κ1) is 50.3. The van der Waals surface area contributed by atoms with Gasteiger partial charge in [-0.05, 0) is 18.2 Å². The van der Waals surface area contributed by atoms with Crippen molar-refractivity contribution in [1.82, 2.24) is 19.5 Å². The van der Waals surface area contributed by atoms with Crippen LogP contribution in [0.15, 0.2) is 267 Å². The van der Waals surface area contributed by atoms with Gasteiger partial charge in [0, 0.05) is 11.1 Å². The molecule has 0 saturated heterocycles. The number of nitriles is 2. The maximum Gasteiger partial charge on any atom is 0.0984 e. The second-order valence-corrected chi connectivity index (χ2v) is 27.9. The van der Waals surface area contributed by atoms with E-state index in [0.717, 1.165) is 66.4 Å². The first-order valence-corrected chi connectivity index (χ1v) is 30.9. The summed E-state index contributed by atoms with van der Waals surface area (Å²) >= 11 is -3.73. The van der Waals surface area contributed by atoms with E-state index >= 15 is 0 Å². The molecule has 380 valence electrons. The van der Waals surface area contributed by atoms with Crippen molar-refractivity contribution in [2.24, 2.45) is 0 Å². The summed E-state index contributed by atoms with van der Waals surface area (Å²) in [7, 11) is 0. The molecular formula is C73H44GeN8. The maximum absolute atomic E-state index is 10.5. The van der Waals surface area contributed by atoms with Gasteiger partial charge in [-0.15, -0.1) is 0 Å². The van der Waals surface area contributed by atoms with Crippen molar-refractivity contribution >= 4 is 64.0 Å². The van der Waals surface area contributed by atoms with E-state index in [9.17, 15) is 10.5 Å². The Labute approximate surface area is 477 Å². The van der Waals surface area contributed by atoms with Crippen molar-refractivity contribution in [1.29, 1.82) is 10.5 Å². The molecule has 0 fully saturated rings. The zero-order chi connectivity index (χ0) is 55.6. The molecule has 11 aromatic carbocycles. The van der Waals surface area contributed by atoms with E-state index in [4.69, 9.17) is 28.1 Å². The van der Waals surface area contributed by atoms with Crippen LogP contribution in [-0.4, -0.2) is 32.8 Å². The van der Waals surface area contributed by atoms with Gasteiger partial charge in [-0.1, -0.05) is 30.3 Å². The fourth-order valence-corrected chi connectivity index (χ4v) is 21.6. The number of hydrogen-bond acceptors (Lipinski definition) is 5. The molecule has 9 heteroatoms. The number of benzene rings is 11. The van der Waals surface area contributed by atoms with Crippen LogP contribution in [0, 0.1) is 35.8 Å². The molecule has 0 N–H and O–H groups in total. The van der Waals surface area contributed by atoms with E-state index in [0.29, 0.717) is 51.1 Å². The molecule has 82 heavy (non-hydrogen) atoms. The van der Waals surface area contributed by atoms with Crippen LogP contribution in [0.1, 0.15) is 11.1 Å². The van der Waals surface area contributed by atoms with E-state index in [2.05, 4.69) is 184 Å². The predicted molar refractivity (Wildman–Crippen MR) is 332 cm³/mol. The second-order valence-electron chi connectivity index (χ2n) is 19.9. The third kappa shape index (κ3) is 8.95. The normalized spacial score (nSPS) is 11.1. The van der Waals surface area contributed by atoms with Gasteiger partial charge in [0.1, 0.15) is 0 Å². The summed E-state index contributed by atoms with van der Waals surface area (Å²) in [4.78, 5) is 23.5. The Morgan fingerprint density at radius 3 is 1.39 bits per heavy atom. The summed E-state index contributed by atoms with van der Waals surface area (Å²) in [5.41, 5.74) is 11.4. The van der Waals surface area contributed by atoms with Crippen molar-refractivity contribution < 1.29 is 0 Å². The van der Waals surface area contributed by atoms with E-state index in [1.807, 2.05) is 84.9 Å². The number of rotatable bonds is 11. The van der Waals surface area contributed by atoms with Crippen molar-refractivity contribution in [3.8, 4) is 85.4 Å². The predicted octanol–water partition coefficient (Wildman–Crippen LogP) is 15.2. The molecule has 2 aromatic heterocycles. The molecule has 0 bridgehead atoms. The summed E-state index contributed by atoms with van der Waals surface area (Å²) in [5.74, 6) is 1.48. The SMILES string of the molecule is [C-]#[N+]c1ccc(-c2ccc3c4ccc(-c5ccc(C#N)cc5[N+]#[C-])cc4n(-c4ccc(-c5ccc[c]([Ge]([c]6ccccc6)([c]6ccccc6)[c]6ccccc6)c5)cc4-c4nc(-c5ccccc5)nc(-c5ccccc5)n4)c3c2)c(C#N)c1. The van der Waals surface area contributed by atoms with Crippen molar-refractivity contribution in [2.75, 3.05) is 0 Å². The Bertz CT molecular complexity index is 4500. The van der Waals surface area contributed by atoms with Crippen LogP contribution in [0.2, 0.25) is 0 Å². The zero-order valence-corrected chi connectivity index (χ0v) is 46.1. The van der Waals surface area contributed by atoms with E-state index < -0.39 is 13.3 Å². The van der Waals surface area contributed by atoms with Gasteiger partial charge >= 0.3 is 364 Å². The topological polar surface area (TPSA) is 99.9 Å². The van der Waals surface area contributed by atoms with Crippen molar-refractivity contribution in [3.63, 3.8) is 0 Å². The Hall–Kier alpha value is -11.3. The van der Waals surface area contributed by atoms with Gasteiger partial charge in [-0.2, -0.15) is 10.5 Å². The van der Waals surface area contributed by atoms with Gasteiger partial charge in [0.2, 0.25) is 0 Å². The van der Waals surface area contributed by atoms with Crippen LogP contribution < -0.4 is 17.6 Å². The van der Waals surface area contributed by atoms with Crippen molar-refractivity contribution in [2.45, 2.75) is 0 Å². The average Bonchev–Trinajstić information content (AvgIpc) is 2.91. The summed E-state index contributed by atoms with van der Waals surface area (Å²) < 4.78 is 7.47. The molecule has 0 aliphatic rings. The van der Waals surface area contributed by atoms with Crippen LogP contribution in [0.5, 0.6) is 0 Å². The Morgan fingerprint density at radius 2 is 0.854 bits per heavy atom. The standard InChI is InChI=1S/C73H44GeN8/c1-77-61-35-39-62(56(43-61)48-76)54-32-37-64-65-38-33-55(63-36-31-49(47-75)41-67(63)78-2)46-70(65)82(69(64)45-54)68-40-34-53(44-66(68)73-80-71(50-19-8-3-9-20-50)79-72(81-73)51-21-10-4-11-22-51)52-23-18-30-60(42-52)74(57-24-12-5-13-25-57,58-26-14-6-15-27-58)59-28-16-7-17-29-59/h3-46H. The van der Waals surface area contributed by atoms with E-state index in [-0.39, 0.29) is 0 Å². The summed E-state index contributed by atoms with van der Waals surface area (Å²) in [5, 5.41) is 22.2. The zero-order valence-electron chi connectivity index (χ0n) is 44.0. The average molecular weight is 1110 g/mol. The summed E-state index contributed by atoms with van der Waals surface area (Å²) in [6.45, 7) is 15.9. The second kappa shape index (κ2) is 21.5. The molecule has 0 aliphatic carbocycles. The van der Waals surface area contributed by atoms with Gasteiger partial charge in [0.15, 0.2) is 11.4 Å². The fourth-order valence-electron chi connectivity index (χ4n) is 11.5. The molecule has 0 unspecified atom stereocenters. The van der Waals surface area contributed by atoms with Crippen molar-refractivity contribution in [3.05, 3.63) is 301 Å². The minimum atomic E-state index is -3.73. The molecule has 13 rings (SSSR count). The fraction of sp³-hybridized carbons (Fsp3) is 0. The first-order chi connectivity index (χ1) is 40.4. The molecule has 2 heterocycles. The molecule has 8 nitrogen and oxygen atoms in total. The quantitative estimate of drug-likeness (QED) is 0.0949. The minimum Gasteiger partial charge on any atom is -0.192 e. The number of hydrogen-bond donors (Lipinski definition) is 0. The monoisotopic (exact) mass is 1110 g/mol. The maximum atomic E-state index is 10.5. The van der Waals surface area contributed by atoms with Gasteiger partial charge in [-0.25, -0.2) is 9.69 Å².